The highest BCUT2D eigenvalue weighted by Crippen LogP contribution is 2.37. The van der Waals surface area contributed by atoms with Gasteiger partial charge < -0.3 is 9.84 Å². The van der Waals surface area contributed by atoms with E-state index in [0.29, 0.717) is 13.0 Å². The van der Waals surface area contributed by atoms with E-state index in [2.05, 4.69) is 26.0 Å². The molecule has 0 saturated carbocycles. The van der Waals surface area contributed by atoms with E-state index < -0.39 is 12.0 Å². The molecule has 0 spiro atoms. The molecule has 0 radical (unpaired) electrons. The van der Waals surface area contributed by atoms with Gasteiger partial charge in [0.2, 0.25) is 0 Å². The minimum Gasteiger partial charge on any atom is -0.480 e. The van der Waals surface area contributed by atoms with Crippen LogP contribution >= 0.6 is 0 Å². The highest BCUT2D eigenvalue weighted by molar-refractivity contribution is 5.77. The summed E-state index contributed by atoms with van der Waals surface area (Å²) in [5.41, 5.74) is 2.63. The van der Waals surface area contributed by atoms with Gasteiger partial charge in [-0.3, -0.25) is 14.5 Å². The zero-order valence-corrected chi connectivity index (χ0v) is 15.2. The Kier molecular flexibility index (Phi) is 5.62. The molecule has 0 aromatic carbocycles. The second kappa shape index (κ2) is 7.73. The molecule has 5 heteroatoms. The fourth-order valence-electron chi connectivity index (χ4n) is 4.43. The highest BCUT2D eigenvalue weighted by Gasteiger charge is 2.45. The van der Waals surface area contributed by atoms with Gasteiger partial charge in [0.25, 0.3) is 0 Å². The van der Waals surface area contributed by atoms with Gasteiger partial charge in [0.15, 0.2) is 0 Å². The van der Waals surface area contributed by atoms with Crippen molar-refractivity contribution >= 4 is 11.9 Å². The Morgan fingerprint density at radius 3 is 2.84 bits per heavy atom. The van der Waals surface area contributed by atoms with Gasteiger partial charge in [0.05, 0.1) is 5.92 Å². The lowest BCUT2D eigenvalue weighted by atomic mass is 9.83. The van der Waals surface area contributed by atoms with Gasteiger partial charge in [-0.05, 0) is 65.0 Å². The van der Waals surface area contributed by atoms with Crippen molar-refractivity contribution < 1.29 is 19.4 Å². The first-order valence-electron chi connectivity index (χ1n) is 9.46. The van der Waals surface area contributed by atoms with E-state index in [4.69, 9.17) is 4.74 Å². The van der Waals surface area contributed by atoms with Crippen LogP contribution < -0.4 is 0 Å². The fraction of sp³-hybridized carbons (Fsp3) is 0.700. The largest absolute Gasteiger partial charge is 0.480 e. The van der Waals surface area contributed by atoms with E-state index in [-0.39, 0.29) is 23.9 Å². The minimum atomic E-state index is -0.777. The van der Waals surface area contributed by atoms with Crippen molar-refractivity contribution in [3.05, 3.63) is 23.3 Å². The number of carbonyl (C=O) groups excluding carboxylic acids is 1. The Morgan fingerprint density at radius 1 is 1.28 bits per heavy atom. The van der Waals surface area contributed by atoms with Crippen molar-refractivity contribution in [3.63, 3.8) is 0 Å². The number of hydrogen-bond donors (Lipinski definition) is 1. The number of allylic oxidation sites excluding steroid dienone is 3. The number of rotatable bonds is 3. The molecular weight excluding hydrogens is 318 g/mol. The number of hydrogen-bond acceptors (Lipinski definition) is 4. The Bertz CT molecular complexity index is 595. The number of carboxylic acid groups (broad SMARTS) is 1. The third-order valence-electron chi connectivity index (χ3n) is 5.93. The van der Waals surface area contributed by atoms with Crippen molar-refractivity contribution in [1.82, 2.24) is 4.90 Å². The summed E-state index contributed by atoms with van der Waals surface area (Å²) in [5, 5.41) is 9.40. The van der Waals surface area contributed by atoms with Gasteiger partial charge in [0.1, 0.15) is 12.1 Å². The number of likely N-dealkylation sites (tertiary alicyclic amines) is 1. The molecule has 0 amide bonds. The summed E-state index contributed by atoms with van der Waals surface area (Å²) in [6.07, 6.45) is 9.74. The van der Waals surface area contributed by atoms with Gasteiger partial charge in [0, 0.05) is 12.5 Å². The first-order chi connectivity index (χ1) is 12.0. The number of esters is 1. The van der Waals surface area contributed by atoms with Gasteiger partial charge in [-0.2, -0.15) is 0 Å². The van der Waals surface area contributed by atoms with Crippen LogP contribution in [0.3, 0.4) is 0 Å². The molecule has 2 heterocycles. The second-order valence-corrected chi connectivity index (χ2v) is 7.80. The molecule has 3 aliphatic rings. The lowest BCUT2D eigenvalue weighted by Crippen LogP contribution is -2.41. The summed E-state index contributed by atoms with van der Waals surface area (Å²) >= 11 is 0. The molecule has 1 N–H and O–H groups in total. The average Bonchev–Trinajstić information content (AvgIpc) is 3.11. The van der Waals surface area contributed by atoms with Crippen molar-refractivity contribution in [2.45, 2.75) is 64.5 Å². The second-order valence-electron chi connectivity index (χ2n) is 7.80. The number of carbonyl (C=O) groups is 2. The van der Waals surface area contributed by atoms with Crippen LogP contribution in [0.15, 0.2) is 23.3 Å². The smallest absolute Gasteiger partial charge is 0.320 e. The van der Waals surface area contributed by atoms with E-state index in [1.165, 1.54) is 11.1 Å². The van der Waals surface area contributed by atoms with Crippen molar-refractivity contribution in [1.29, 1.82) is 0 Å². The molecule has 3 rings (SSSR count). The van der Waals surface area contributed by atoms with E-state index in [9.17, 15) is 14.7 Å². The molecule has 5 nitrogen and oxygen atoms in total. The maximum absolute atomic E-state index is 12.5. The zero-order valence-electron chi connectivity index (χ0n) is 15.2. The molecule has 0 unspecified atom stereocenters. The highest BCUT2D eigenvalue weighted by atomic mass is 16.6. The van der Waals surface area contributed by atoms with Gasteiger partial charge in [-0.1, -0.05) is 17.2 Å². The summed E-state index contributed by atoms with van der Waals surface area (Å²) in [6, 6.07) is -0.453. The van der Waals surface area contributed by atoms with Gasteiger partial charge in [-0.25, -0.2) is 0 Å². The van der Waals surface area contributed by atoms with E-state index in [0.717, 1.165) is 38.6 Å². The summed E-state index contributed by atoms with van der Waals surface area (Å²) in [4.78, 5) is 26.0. The Morgan fingerprint density at radius 2 is 2.08 bits per heavy atom. The maximum atomic E-state index is 12.5. The molecule has 25 heavy (non-hydrogen) atoms. The SMILES string of the molecule is C/C1=C\[C@@H]2OC(=O)[C@@H](CN3CCC[C@H]3C(=O)O)[C@@H]2CC/C(C)=C/CC1. The van der Waals surface area contributed by atoms with Gasteiger partial charge in [-0.15, -0.1) is 0 Å². The lowest BCUT2D eigenvalue weighted by molar-refractivity contribution is -0.146. The van der Waals surface area contributed by atoms with Crippen molar-refractivity contribution in [2.24, 2.45) is 11.8 Å². The van der Waals surface area contributed by atoms with Crippen molar-refractivity contribution in [3.8, 4) is 0 Å². The Labute approximate surface area is 149 Å². The third kappa shape index (κ3) is 4.14. The van der Waals surface area contributed by atoms with Gasteiger partial charge >= 0.3 is 11.9 Å². The molecule has 2 aliphatic heterocycles. The zero-order chi connectivity index (χ0) is 18.0. The van der Waals surface area contributed by atoms with E-state index in [1.54, 1.807) is 0 Å². The van der Waals surface area contributed by atoms with Crippen molar-refractivity contribution in [2.75, 3.05) is 13.1 Å². The monoisotopic (exact) mass is 347 g/mol. The summed E-state index contributed by atoms with van der Waals surface area (Å²) in [6.45, 7) is 5.52. The molecule has 0 bridgehead atoms. The number of ether oxygens (including phenoxy) is 1. The normalized spacial score (nSPS) is 38.2. The maximum Gasteiger partial charge on any atom is 0.320 e. The first-order valence-corrected chi connectivity index (χ1v) is 9.46. The summed E-state index contributed by atoms with van der Waals surface area (Å²) in [7, 11) is 0. The van der Waals surface area contributed by atoms with E-state index >= 15 is 0 Å². The number of carboxylic acids is 1. The van der Waals surface area contributed by atoms with Crippen LogP contribution in [0.5, 0.6) is 0 Å². The van der Waals surface area contributed by atoms with Crippen LogP contribution in [0.25, 0.3) is 0 Å². The van der Waals surface area contributed by atoms with Crippen LogP contribution in [0.1, 0.15) is 52.4 Å². The molecule has 0 aromatic rings. The topological polar surface area (TPSA) is 66.8 Å². The standard InChI is InChI=1S/C20H29NO4/c1-13-5-3-6-14(2)11-18-15(9-8-13)16(20(24)25-18)12-21-10-4-7-17(21)19(22)23/h5,11,15-18H,3-4,6-10,12H2,1-2H3,(H,22,23)/b13-5+,14-11+/t15-,16-,17-,18-/m0/s1. The molecule has 138 valence electrons. The fourth-order valence-corrected chi connectivity index (χ4v) is 4.43. The lowest BCUT2D eigenvalue weighted by Gasteiger charge is -2.27. The molecule has 1 aliphatic carbocycles. The van der Waals surface area contributed by atoms with Crippen LogP contribution in [0.4, 0.5) is 0 Å². The number of fused-ring (bicyclic) bond motifs is 1. The quantitative estimate of drug-likeness (QED) is 0.627. The predicted molar refractivity (Wildman–Crippen MR) is 95.1 cm³/mol. The Hall–Kier alpha value is -1.62. The molecular formula is C20H29NO4. The minimum absolute atomic E-state index is 0.138. The Balaban J connectivity index is 1.78. The molecule has 0 aromatic heterocycles. The molecule has 2 fully saturated rings. The predicted octanol–water partition coefficient (Wildman–Crippen LogP) is 3.16. The van der Waals surface area contributed by atoms with Crippen LogP contribution in [-0.2, 0) is 14.3 Å². The average molecular weight is 347 g/mol. The first kappa shape index (κ1) is 18.2. The van der Waals surface area contributed by atoms with Crippen LogP contribution in [0.2, 0.25) is 0 Å². The molecule has 2 saturated heterocycles. The number of nitrogens with zero attached hydrogens (tertiary/aromatic N) is 1. The third-order valence-corrected chi connectivity index (χ3v) is 5.93. The summed E-state index contributed by atoms with van der Waals surface area (Å²) < 4.78 is 5.71. The molecule has 4 atom stereocenters. The van der Waals surface area contributed by atoms with E-state index in [1.807, 2.05) is 4.90 Å². The van der Waals surface area contributed by atoms with Crippen LogP contribution in [0, 0.1) is 11.8 Å². The van der Waals surface area contributed by atoms with Crippen LogP contribution in [-0.4, -0.2) is 47.2 Å². The summed E-state index contributed by atoms with van der Waals surface area (Å²) in [5.74, 6) is -1.02. The number of aliphatic carboxylic acids is 1.